The minimum Gasteiger partial charge on any atom is -0.369 e. The third kappa shape index (κ3) is 4.56. The number of aromatic nitrogens is 2. The minimum absolute atomic E-state index is 0.172. The third-order valence-corrected chi connectivity index (χ3v) is 4.42. The molecule has 3 nitrogen and oxygen atoms in total. The molecule has 0 bridgehead atoms. The van der Waals surface area contributed by atoms with Crippen molar-refractivity contribution in [3.05, 3.63) is 16.0 Å². The zero-order chi connectivity index (χ0) is 15.5. The summed E-state index contributed by atoms with van der Waals surface area (Å²) in [7, 11) is 0. The number of alkyl halides is 3. The number of aryl methyl sites for hydroxylation is 1. The van der Waals surface area contributed by atoms with Crippen molar-refractivity contribution < 1.29 is 13.2 Å². The van der Waals surface area contributed by atoms with Gasteiger partial charge in [-0.1, -0.05) is 12.8 Å². The first-order chi connectivity index (χ1) is 9.90. The lowest BCUT2D eigenvalue weighted by Crippen LogP contribution is -2.13. The van der Waals surface area contributed by atoms with Crippen LogP contribution in [0.2, 0.25) is 0 Å². The van der Waals surface area contributed by atoms with Crippen molar-refractivity contribution in [2.24, 2.45) is 0 Å². The van der Waals surface area contributed by atoms with Crippen molar-refractivity contribution in [2.75, 3.05) is 11.9 Å². The molecular formula is C14H19BrF3N3. The van der Waals surface area contributed by atoms with Gasteiger partial charge in [0.1, 0.15) is 11.6 Å². The van der Waals surface area contributed by atoms with Crippen LogP contribution in [0.5, 0.6) is 0 Å². The molecule has 0 radical (unpaired) electrons. The summed E-state index contributed by atoms with van der Waals surface area (Å²) in [5.41, 5.74) is 0.857. The van der Waals surface area contributed by atoms with E-state index < -0.39 is 12.6 Å². The Hall–Kier alpha value is -0.850. The van der Waals surface area contributed by atoms with Gasteiger partial charge in [-0.05, 0) is 35.7 Å². The van der Waals surface area contributed by atoms with Crippen LogP contribution in [0.25, 0.3) is 0 Å². The number of nitrogens with zero attached hydrogens (tertiary/aromatic N) is 2. The molecule has 0 unspecified atom stereocenters. The maximum absolute atomic E-state index is 12.4. The topological polar surface area (TPSA) is 37.8 Å². The van der Waals surface area contributed by atoms with Gasteiger partial charge in [0, 0.05) is 18.9 Å². The molecule has 0 amide bonds. The molecule has 7 heteroatoms. The SMILES string of the molecule is CCNc1nc(CCC(F)(F)F)nc(C2CCCC2)c1Br. The van der Waals surface area contributed by atoms with Gasteiger partial charge in [-0.2, -0.15) is 13.2 Å². The van der Waals surface area contributed by atoms with Crippen LogP contribution in [0, 0.1) is 0 Å². The van der Waals surface area contributed by atoms with Crippen LogP contribution in [0.15, 0.2) is 4.47 Å². The van der Waals surface area contributed by atoms with Crippen LogP contribution in [0.3, 0.4) is 0 Å². The molecule has 0 aliphatic heterocycles. The molecule has 2 rings (SSSR count). The van der Waals surface area contributed by atoms with E-state index >= 15 is 0 Å². The Bertz CT molecular complexity index is 485. The van der Waals surface area contributed by atoms with E-state index in [0.29, 0.717) is 18.3 Å². The second-order valence-corrected chi connectivity index (χ2v) is 6.11. The largest absolute Gasteiger partial charge is 0.389 e. The first kappa shape index (κ1) is 16.5. The summed E-state index contributed by atoms with van der Waals surface area (Å²) in [6.45, 7) is 2.59. The van der Waals surface area contributed by atoms with Gasteiger partial charge in [0.25, 0.3) is 0 Å². The van der Waals surface area contributed by atoms with Gasteiger partial charge in [-0.3, -0.25) is 0 Å². The number of hydrogen-bond acceptors (Lipinski definition) is 3. The van der Waals surface area contributed by atoms with Crippen molar-refractivity contribution in [2.45, 2.75) is 57.5 Å². The number of halogens is 4. The third-order valence-electron chi connectivity index (χ3n) is 3.64. The average molecular weight is 366 g/mol. The summed E-state index contributed by atoms with van der Waals surface area (Å²) in [6, 6.07) is 0. The van der Waals surface area contributed by atoms with E-state index in [4.69, 9.17) is 0 Å². The molecular weight excluding hydrogens is 347 g/mol. The van der Waals surface area contributed by atoms with Crippen LogP contribution < -0.4 is 5.32 Å². The number of anilines is 1. The van der Waals surface area contributed by atoms with Crippen LogP contribution in [-0.2, 0) is 6.42 Å². The smallest absolute Gasteiger partial charge is 0.369 e. The van der Waals surface area contributed by atoms with Crippen molar-refractivity contribution in [3.8, 4) is 0 Å². The van der Waals surface area contributed by atoms with E-state index in [1.54, 1.807) is 0 Å². The number of nitrogens with one attached hydrogen (secondary N) is 1. The van der Waals surface area contributed by atoms with Gasteiger partial charge < -0.3 is 5.32 Å². The molecule has 1 N–H and O–H groups in total. The second-order valence-electron chi connectivity index (χ2n) is 5.31. The Kier molecular flexibility index (Phi) is 5.46. The molecule has 1 aromatic heterocycles. The van der Waals surface area contributed by atoms with Crippen molar-refractivity contribution in [1.29, 1.82) is 0 Å². The van der Waals surface area contributed by atoms with Gasteiger partial charge in [0.15, 0.2) is 0 Å². The molecule has 0 spiro atoms. The number of rotatable bonds is 5. The molecule has 1 saturated carbocycles. The van der Waals surface area contributed by atoms with Gasteiger partial charge in [0.2, 0.25) is 0 Å². The lowest BCUT2D eigenvalue weighted by molar-refractivity contribution is -0.134. The van der Waals surface area contributed by atoms with Gasteiger partial charge >= 0.3 is 6.18 Å². The predicted octanol–water partition coefficient (Wildman–Crippen LogP) is 4.82. The summed E-state index contributed by atoms with van der Waals surface area (Å²) in [4.78, 5) is 8.63. The first-order valence-corrected chi connectivity index (χ1v) is 8.07. The molecule has 1 aromatic rings. The summed E-state index contributed by atoms with van der Waals surface area (Å²) < 4.78 is 38.0. The van der Waals surface area contributed by atoms with E-state index in [1.165, 1.54) is 0 Å². The lowest BCUT2D eigenvalue weighted by Gasteiger charge is -2.16. The molecule has 1 aliphatic carbocycles. The highest BCUT2D eigenvalue weighted by Crippen LogP contribution is 2.39. The summed E-state index contributed by atoms with van der Waals surface area (Å²) >= 11 is 3.51. The molecule has 21 heavy (non-hydrogen) atoms. The van der Waals surface area contributed by atoms with Crippen LogP contribution in [-0.4, -0.2) is 22.7 Å². The highest BCUT2D eigenvalue weighted by molar-refractivity contribution is 9.10. The van der Waals surface area contributed by atoms with Crippen molar-refractivity contribution in [1.82, 2.24) is 9.97 Å². The molecule has 118 valence electrons. The molecule has 0 saturated heterocycles. The monoisotopic (exact) mass is 365 g/mol. The van der Waals surface area contributed by atoms with E-state index in [-0.39, 0.29) is 12.2 Å². The minimum atomic E-state index is -4.18. The average Bonchev–Trinajstić information content (AvgIpc) is 2.92. The maximum atomic E-state index is 12.4. The highest BCUT2D eigenvalue weighted by Gasteiger charge is 2.28. The van der Waals surface area contributed by atoms with Crippen LogP contribution in [0.4, 0.5) is 19.0 Å². The zero-order valence-electron chi connectivity index (χ0n) is 11.9. The van der Waals surface area contributed by atoms with Gasteiger partial charge in [-0.25, -0.2) is 9.97 Å². The van der Waals surface area contributed by atoms with E-state index in [1.807, 2.05) is 6.92 Å². The van der Waals surface area contributed by atoms with Crippen molar-refractivity contribution in [3.63, 3.8) is 0 Å². The molecule has 0 atom stereocenters. The Balaban J connectivity index is 2.27. The Morgan fingerprint density at radius 2 is 1.90 bits per heavy atom. The first-order valence-electron chi connectivity index (χ1n) is 7.27. The fourth-order valence-corrected chi connectivity index (χ4v) is 3.27. The van der Waals surface area contributed by atoms with Gasteiger partial charge in [-0.15, -0.1) is 0 Å². The summed E-state index contributed by atoms with van der Waals surface area (Å²) in [6.07, 6.45) is -0.855. The molecule has 1 aliphatic rings. The van der Waals surface area contributed by atoms with Crippen LogP contribution in [0.1, 0.15) is 56.5 Å². The van der Waals surface area contributed by atoms with E-state index in [2.05, 4.69) is 31.2 Å². The highest BCUT2D eigenvalue weighted by atomic mass is 79.9. The fraction of sp³-hybridized carbons (Fsp3) is 0.714. The molecule has 1 heterocycles. The maximum Gasteiger partial charge on any atom is 0.389 e. The molecule has 1 fully saturated rings. The Labute approximate surface area is 130 Å². The number of hydrogen-bond donors (Lipinski definition) is 1. The summed E-state index contributed by atoms with van der Waals surface area (Å²) in [5.74, 6) is 1.20. The second kappa shape index (κ2) is 6.94. The lowest BCUT2D eigenvalue weighted by atomic mass is 10.0. The Morgan fingerprint density at radius 3 is 2.48 bits per heavy atom. The predicted molar refractivity (Wildman–Crippen MR) is 79.5 cm³/mol. The normalized spacial score (nSPS) is 16.4. The van der Waals surface area contributed by atoms with Crippen molar-refractivity contribution >= 4 is 21.7 Å². The van der Waals surface area contributed by atoms with E-state index in [9.17, 15) is 13.2 Å². The summed E-state index contributed by atoms with van der Waals surface area (Å²) in [5, 5.41) is 3.10. The quantitative estimate of drug-likeness (QED) is 0.812. The fourth-order valence-electron chi connectivity index (χ4n) is 2.63. The zero-order valence-corrected chi connectivity index (χ0v) is 13.5. The van der Waals surface area contributed by atoms with Gasteiger partial charge in [0.05, 0.1) is 16.6 Å². The van der Waals surface area contributed by atoms with Crippen LogP contribution >= 0.6 is 15.9 Å². The molecule has 0 aromatic carbocycles. The Morgan fingerprint density at radius 1 is 1.24 bits per heavy atom. The standard InChI is InChI=1S/C14H19BrF3N3/c1-2-19-13-11(15)12(9-5-3-4-6-9)20-10(21-13)7-8-14(16,17)18/h9H,2-8H2,1H3,(H,19,20,21). The van der Waals surface area contributed by atoms with E-state index in [0.717, 1.165) is 35.8 Å².